The monoisotopic (exact) mass is 772 g/mol. The zero-order valence-electron chi connectivity index (χ0n) is 22.8. The van der Waals surface area contributed by atoms with Crippen molar-refractivity contribution in [1.29, 1.82) is 0 Å². The van der Waals surface area contributed by atoms with E-state index in [2.05, 4.69) is 63.7 Å². The van der Waals surface area contributed by atoms with Crippen molar-refractivity contribution in [2.75, 3.05) is 11.5 Å². The van der Waals surface area contributed by atoms with Crippen molar-refractivity contribution in [1.82, 2.24) is 19.9 Å². The second-order valence-corrected chi connectivity index (χ2v) is 26.2. The van der Waals surface area contributed by atoms with Crippen LogP contribution in [0.25, 0.3) is 10.6 Å². The molecule has 4 aromatic rings. The molecule has 0 bridgehead atoms. The summed E-state index contributed by atoms with van der Waals surface area (Å²) in [5.74, 6) is 0. The number of hydrogen-bond donors (Lipinski definition) is 2. The van der Waals surface area contributed by atoms with Gasteiger partial charge in [0.25, 0.3) is 0 Å². The van der Waals surface area contributed by atoms with Crippen LogP contribution >= 0.6 is 45.3 Å². The number of nitrogens with zero attached hydrogens (tertiary/aromatic N) is 4. The van der Waals surface area contributed by atoms with Crippen molar-refractivity contribution in [3.05, 3.63) is 63.6 Å². The fourth-order valence-electron chi connectivity index (χ4n) is 4.10. The summed E-state index contributed by atoms with van der Waals surface area (Å²) in [6.07, 6.45) is 18.9. The van der Waals surface area contributed by atoms with E-state index < -0.39 is 18.4 Å². The van der Waals surface area contributed by atoms with Crippen molar-refractivity contribution in [2.24, 2.45) is 0 Å². The normalized spacial score (nSPS) is 10.7. The third-order valence-electron chi connectivity index (χ3n) is 6.08. The first-order valence-corrected chi connectivity index (χ1v) is 23.6. The predicted octanol–water partition coefficient (Wildman–Crippen LogP) is 8.25. The smallest absolute Gasteiger partial charge is 0.124 e. The molecule has 6 nitrogen and oxygen atoms in total. The number of aromatic nitrogens is 4. The van der Waals surface area contributed by atoms with Crippen LogP contribution in [-0.2, 0) is 0 Å². The van der Waals surface area contributed by atoms with Gasteiger partial charge in [0.1, 0.15) is 5.01 Å². The van der Waals surface area contributed by atoms with Crippen LogP contribution in [0.3, 0.4) is 0 Å². The van der Waals surface area contributed by atoms with Crippen molar-refractivity contribution in [3.63, 3.8) is 0 Å². The summed E-state index contributed by atoms with van der Waals surface area (Å²) in [7, 11) is 0. The molecule has 0 aromatic carbocycles. The topological polar surface area (TPSA) is 104 Å². The molecule has 0 aliphatic carbocycles. The molecule has 206 valence electrons. The van der Waals surface area contributed by atoms with Crippen LogP contribution < -0.4 is 14.5 Å². The molecule has 0 unspecified atom stereocenters. The van der Waals surface area contributed by atoms with Gasteiger partial charge in [-0.2, -0.15) is 0 Å². The third-order valence-corrected chi connectivity index (χ3v) is 26.2. The minimum atomic E-state index is -2.12. The maximum Gasteiger partial charge on any atom is 0.124 e. The largest absolute Gasteiger partial charge is 0.397 e. The van der Waals surface area contributed by atoms with Crippen LogP contribution in [0.5, 0.6) is 0 Å². The molecule has 38 heavy (non-hydrogen) atoms. The first-order valence-electron chi connectivity index (χ1n) is 13.3. The van der Waals surface area contributed by atoms with E-state index in [9.17, 15) is 0 Å². The van der Waals surface area contributed by atoms with E-state index in [1.54, 1.807) is 58.7 Å². The summed E-state index contributed by atoms with van der Waals surface area (Å²) in [5, 5.41) is 5.08. The molecule has 0 radical (unpaired) electrons. The van der Waals surface area contributed by atoms with Crippen LogP contribution in [0.1, 0.15) is 59.3 Å². The molecule has 4 heterocycles. The van der Waals surface area contributed by atoms with Gasteiger partial charge < -0.3 is 11.5 Å². The molecule has 0 aliphatic rings. The Bertz CT molecular complexity index is 1100. The number of hydrogen-bond acceptors (Lipinski definition) is 8. The second-order valence-electron chi connectivity index (χ2n) is 9.21. The van der Waals surface area contributed by atoms with Crippen LogP contribution in [0.15, 0.2) is 60.1 Å². The standard InChI is InChI=1S/C8H7N3S.C5H5IN2.3C4H9.C3H2NS.Sn/c9-7-3-6(4-10-5-7)8-11-1-2-12-8;6-4-1-5(7)3-8-2-4;3*1-3-4-2;1-2-5-3-4-1;/h1-5H,9H2;1-3H,7H2;3*1,3-4H2,2H3;1-2H;. The number of halogens is 1. The molecule has 10 heteroatoms. The molecular formula is C28H41IN6S2Sn. The SMILES string of the molecule is CCC[CH2][Sn]([CH2]CCC)([CH2]CCC)[c]1nccs1.Nc1cncc(-c2nccs2)c1.Nc1cncc(I)c1. The molecule has 0 atom stereocenters. The van der Waals surface area contributed by atoms with Crippen molar-refractivity contribution < 1.29 is 0 Å². The van der Waals surface area contributed by atoms with E-state index in [0.717, 1.165) is 19.8 Å². The predicted molar refractivity (Wildman–Crippen MR) is 178 cm³/mol. The van der Waals surface area contributed by atoms with Crippen LogP contribution in [0, 0.1) is 3.57 Å². The number of anilines is 2. The van der Waals surface area contributed by atoms with Crippen LogP contribution in [-0.4, -0.2) is 38.3 Å². The summed E-state index contributed by atoms with van der Waals surface area (Å²) in [5.41, 5.74) is 13.3. The summed E-state index contributed by atoms with van der Waals surface area (Å²) in [4.78, 5) is 16.7. The van der Waals surface area contributed by atoms with Crippen LogP contribution in [0.2, 0.25) is 13.3 Å². The molecule has 0 spiro atoms. The Morgan fingerprint density at radius 3 is 1.71 bits per heavy atom. The zero-order valence-corrected chi connectivity index (χ0v) is 29.4. The minimum Gasteiger partial charge on any atom is -0.397 e. The maximum atomic E-state index is 5.58. The van der Waals surface area contributed by atoms with E-state index in [0.29, 0.717) is 5.69 Å². The summed E-state index contributed by atoms with van der Waals surface area (Å²) < 4.78 is 7.30. The first-order chi connectivity index (χ1) is 18.4. The van der Waals surface area contributed by atoms with Gasteiger partial charge >= 0.3 is 122 Å². The van der Waals surface area contributed by atoms with E-state index >= 15 is 0 Å². The fraction of sp³-hybridized carbons (Fsp3) is 0.429. The Balaban J connectivity index is 0.000000217. The van der Waals surface area contributed by atoms with Gasteiger partial charge in [-0.25, -0.2) is 4.98 Å². The van der Waals surface area contributed by atoms with Gasteiger partial charge in [0.05, 0.1) is 11.4 Å². The van der Waals surface area contributed by atoms with Gasteiger partial charge in [-0.05, 0) is 34.7 Å². The van der Waals surface area contributed by atoms with Crippen molar-refractivity contribution in [2.45, 2.75) is 72.6 Å². The Morgan fingerprint density at radius 1 is 0.737 bits per heavy atom. The number of thiazole rings is 2. The van der Waals surface area contributed by atoms with E-state index in [-0.39, 0.29) is 0 Å². The second kappa shape index (κ2) is 18.9. The van der Waals surface area contributed by atoms with Gasteiger partial charge in [-0.15, -0.1) is 11.3 Å². The number of pyridine rings is 2. The Labute approximate surface area is 254 Å². The number of nitrogen functional groups attached to an aromatic ring is 2. The van der Waals surface area contributed by atoms with Crippen LogP contribution in [0.4, 0.5) is 11.4 Å². The molecule has 0 saturated carbocycles. The van der Waals surface area contributed by atoms with E-state index in [1.807, 2.05) is 35.0 Å². The molecule has 4 N–H and O–H groups in total. The Hall–Kier alpha value is -1.31. The third kappa shape index (κ3) is 11.8. The fourth-order valence-corrected chi connectivity index (χ4v) is 24.4. The summed E-state index contributed by atoms with van der Waals surface area (Å²) in [6.45, 7) is 6.99. The molecule has 0 aliphatic heterocycles. The van der Waals surface area contributed by atoms with Crippen molar-refractivity contribution in [3.8, 4) is 10.6 Å². The zero-order chi connectivity index (χ0) is 27.6. The quantitative estimate of drug-likeness (QED) is 0.118. The van der Waals surface area contributed by atoms with Gasteiger partial charge in [0.2, 0.25) is 0 Å². The Morgan fingerprint density at radius 2 is 1.29 bits per heavy atom. The molecule has 0 amide bonds. The average Bonchev–Trinajstić information content (AvgIpc) is 3.65. The molecular weight excluding hydrogens is 730 g/mol. The maximum absolute atomic E-state index is 5.58. The first kappa shape index (κ1) is 32.9. The number of nitrogens with two attached hydrogens (primary N) is 2. The average molecular weight is 771 g/mol. The number of unbranched alkanes of at least 4 members (excludes halogenated alkanes) is 3. The van der Waals surface area contributed by atoms with Gasteiger partial charge in [-0.1, -0.05) is 0 Å². The van der Waals surface area contributed by atoms with Gasteiger partial charge in [0.15, 0.2) is 0 Å². The van der Waals surface area contributed by atoms with E-state index in [1.165, 1.54) is 38.5 Å². The Kier molecular flexibility index (Phi) is 16.3. The van der Waals surface area contributed by atoms with E-state index in [4.69, 9.17) is 16.5 Å². The molecule has 0 fully saturated rings. The number of rotatable bonds is 11. The molecule has 4 aromatic heterocycles. The summed E-state index contributed by atoms with van der Waals surface area (Å²) >= 11 is 3.58. The summed E-state index contributed by atoms with van der Waals surface area (Å²) in [6, 6.07) is 3.74. The van der Waals surface area contributed by atoms with Crippen molar-refractivity contribution >= 4 is 78.0 Å². The van der Waals surface area contributed by atoms with Gasteiger partial charge in [-0.3, -0.25) is 9.97 Å². The molecule has 4 rings (SSSR count). The molecule has 0 saturated heterocycles. The minimum absolute atomic E-state index is 0.669. The van der Waals surface area contributed by atoms with Gasteiger partial charge in [0, 0.05) is 45.5 Å².